The molecule has 0 N–H and O–H groups in total. The number of ether oxygens (including phenoxy) is 1. The number of benzene rings is 2. The number of rotatable bonds is 6. The number of thiazole rings is 1. The van der Waals surface area contributed by atoms with Gasteiger partial charge in [-0.2, -0.15) is 0 Å². The quantitative estimate of drug-likeness (QED) is 0.403. The fourth-order valence-electron chi connectivity index (χ4n) is 4.92. The fourth-order valence-corrected chi connectivity index (χ4v) is 6.00. The lowest BCUT2D eigenvalue weighted by atomic mass is 9.84. The smallest absolute Gasteiger partial charge is 0.190 e. The van der Waals surface area contributed by atoms with Crippen molar-refractivity contribution in [2.45, 2.75) is 44.6 Å². The highest BCUT2D eigenvalue weighted by atomic mass is 35.5. The van der Waals surface area contributed by atoms with Crippen LogP contribution in [0.4, 0.5) is 5.69 Å². The minimum atomic E-state index is 0.735. The van der Waals surface area contributed by atoms with Crippen LogP contribution in [0, 0.1) is 0 Å². The van der Waals surface area contributed by atoms with E-state index in [2.05, 4.69) is 39.1 Å². The normalized spacial score (nSPS) is 18.6. The Balaban J connectivity index is 1.44. The molecular weight excluding hydrogens is 450 g/mol. The average Bonchev–Trinajstić information content (AvgIpc) is 3.27. The summed E-state index contributed by atoms with van der Waals surface area (Å²) in [5.74, 6) is 0.735. The first-order chi connectivity index (χ1) is 16.3. The third kappa shape index (κ3) is 5.78. The molecule has 0 amide bonds. The van der Waals surface area contributed by atoms with E-state index in [1.807, 2.05) is 24.3 Å². The van der Waals surface area contributed by atoms with Gasteiger partial charge in [-0.05, 0) is 54.2 Å². The molecule has 2 fully saturated rings. The van der Waals surface area contributed by atoms with Crippen molar-refractivity contribution >= 4 is 28.6 Å². The van der Waals surface area contributed by atoms with Gasteiger partial charge in [-0.25, -0.2) is 4.99 Å². The summed E-state index contributed by atoms with van der Waals surface area (Å²) in [4.78, 5) is 8.47. The van der Waals surface area contributed by atoms with Gasteiger partial charge < -0.3 is 9.30 Å². The molecule has 3 aromatic rings. The number of halogens is 1. The summed E-state index contributed by atoms with van der Waals surface area (Å²) in [5.41, 5.74) is 4.95. The lowest BCUT2D eigenvalue weighted by Crippen LogP contribution is -2.39. The van der Waals surface area contributed by atoms with Crippen LogP contribution in [0.1, 0.15) is 43.6 Å². The van der Waals surface area contributed by atoms with Crippen LogP contribution >= 0.6 is 22.9 Å². The predicted octanol–water partition coefficient (Wildman–Crippen LogP) is 6.48. The topological polar surface area (TPSA) is 29.8 Å². The predicted molar refractivity (Wildman–Crippen MR) is 138 cm³/mol. The Bertz CT molecular complexity index is 1090. The van der Waals surface area contributed by atoms with E-state index < -0.39 is 0 Å². The van der Waals surface area contributed by atoms with E-state index in [4.69, 9.17) is 21.3 Å². The summed E-state index contributed by atoms with van der Waals surface area (Å²) in [6, 6.07) is 17.1. The van der Waals surface area contributed by atoms with Crippen LogP contribution in [-0.4, -0.2) is 42.3 Å². The Hall–Kier alpha value is -1.92. The Kier molecular flexibility index (Phi) is 7.62. The van der Waals surface area contributed by atoms with Gasteiger partial charge in [-0.3, -0.25) is 4.90 Å². The Morgan fingerprint density at radius 3 is 2.36 bits per heavy atom. The molecule has 6 heteroatoms. The van der Waals surface area contributed by atoms with Crippen LogP contribution in [0.5, 0.6) is 0 Å². The van der Waals surface area contributed by atoms with E-state index >= 15 is 0 Å². The lowest BCUT2D eigenvalue weighted by Gasteiger charge is -2.27. The molecule has 0 bridgehead atoms. The highest BCUT2D eigenvalue weighted by Crippen LogP contribution is 2.33. The molecule has 0 radical (unpaired) electrons. The molecular formula is C27H32ClN3OS. The maximum absolute atomic E-state index is 6.07. The van der Waals surface area contributed by atoms with E-state index in [-0.39, 0.29) is 0 Å². The second kappa shape index (κ2) is 11.0. The van der Waals surface area contributed by atoms with Gasteiger partial charge in [-0.15, -0.1) is 11.3 Å². The van der Waals surface area contributed by atoms with Crippen molar-refractivity contribution in [3.05, 3.63) is 69.3 Å². The van der Waals surface area contributed by atoms with Gasteiger partial charge in [0.2, 0.25) is 0 Å². The van der Waals surface area contributed by atoms with Gasteiger partial charge in [0.15, 0.2) is 4.80 Å². The molecule has 2 aliphatic rings. The highest BCUT2D eigenvalue weighted by molar-refractivity contribution is 7.07. The van der Waals surface area contributed by atoms with Crippen molar-refractivity contribution in [1.29, 1.82) is 0 Å². The first-order valence-electron chi connectivity index (χ1n) is 12.2. The van der Waals surface area contributed by atoms with Crippen molar-refractivity contribution in [2.24, 2.45) is 4.99 Å². The number of morpholine rings is 1. The van der Waals surface area contributed by atoms with Crippen molar-refractivity contribution in [3.8, 4) is 11.3 Å². The average molecular weight is 482 g/mol. The van der Waals surface area contributed by atoms with Crippen LogP contribution in [0.2, 0.25) is 5.02 Å². The minimum absolute atomic E-state index is 0.735. The van der Waals surface area contributed by atoms with Crippen LogP contribution in [0.25, 0.3) is 11.3 Å². The SMILES string of the molecule is Clc1ccc(N=c2scc(-c3ccc(C4CCCCC4)cc3)n2CCN2CCOCC2)cc1. The molecule has 0 atom stereocenters. The molecule has 1 saturated heterocycles. The third-order valence-corrected chi connectivity index (χ3v) is 7.99. The molecule has 1 aliphatic carbocycles. The van der Waals surface area contributed by atoms with Gasteiger partial charge in [0.05, 0.1) is 24.6 Å². The maximum Gasteiger partial charge on any atom is 0.190 e. The van der Waals surface area contributed by atoms with Gasteiger partial charge in [-0.1, -0.05) is 55.1 Å². The van der Waals surface area contributed by atoms with Crippen LogP contribution in [0.15, 0.2) is 58.9 Å². The molecule has 4 nitrogen and oxygen atoms in total. The fraction of sp³-hybridized carbons (Fsp3) is 0.444. The zero-order valence-electron chi connectivity index (χ0n) is 19.1. The summed E-state index contributed by atoms with van der Waals surface area (Å²) < 4.78 is 7.91. The summed E-state index contributed by atoms with van der Waals surface area (Å²) in [6.07, 6.45) is 6.80. The minimum Gasteiger partial charge on any atom is -0.379 e. The molecule has 33 heavy (non-hydrogen) atoms. The monoisotopic (exact) mass is 481 g/mol. The molecule has 174 valence electrons. The maximum atomic E-state index is 6.07. The Morgan fingerprint density at radius 1 is 0.909 bits per heavy atom. The molecule has 0 unspecified atom stereocenters. The Morgan fingerprint density at radius 2 is 1.64 bits per heavy atom. The highest BCUT2D eigenvalue weighted by Gasteiger charge is 2.17. The molecule has 1 saturated carbocycles. The summed E-state index contributed by atoms with van der Waals surface area (Å²) in [6.45, 7) is 5.56. The summed E-state index contributed by atoms with van der Waals surface area (Å²) >= 11 is 7.78. The van der Waals surface area contributed by atoms with Gasteiger partial charge >= 0.3 is 0 Å². The zero-order valence-corrected chi connectivity index (χ0v) is 20.7. The molecule has 0 spiro atoms. The molecule has 5 rings (SSSR count). The van der Waals surface area contributed by atoms with E-state index in [1.54, 1.807) is 11.3 Å². The second-order valence-corrected chi connectivity index (χ2v) is 10.3. The first-order valence-corrected chi connectivity index (χ1v) is 13.4. The Labute approximate surface area is 205 Å². The summed E-state index contributed by atoms with van der Waals surface area (Å²) in [5, 5.41) is 2.99. The summed E-state index contributed by atoms with van der Waals surface area (Å²) in [7, 11) is 0. The van der Waals surface area contributed by atoms with Gasteiger partial charge in [0, 0.05) is 36.6 Å². The van der Waals surface area contributed by atoms with E-state index in [9.17, 15) is 0 Å². The van der Waals surface area contributed by atoms with Crippen LogP contribution in [-0.2, 0) is 11.3 Å². The third-order valence-electron chi connectivity index (χ3n) is 6.88. The number of aromatic nitrogens is 1. The van der Waals surface area contributed by atoms with Crippen molar-refractivity contribution in [3.63, 3.8) is 0 Å². The molecule has 2 aromatic carbocycles. The van der Waals surface area contributed by atoms with Crippen LogP contribution < -0.4 is 4.80 Å². The van der Waals surface area contributed by atoms with Crippen molar-refractivity contribution < 1.29 is 4.74 Å². The van der Waals surface area contributed by atoms with E-state index in [0.29, 0.717) is 0 Å². The second-order valence-electron chi connectivity index (χ2n) is 9.05. The lowest BCUT2D eigenvalue weighted by molar-refractivity contribution is 0.0363. The molecule has 1 aliphatic heterocycles. The zero-order chi connectivity index (χ0) is 22.5. The standard InChI is InChI=1S/C27H32ClN3OS/c28-24-10-12-25(13-11-24)29-27-31(15-14-30-16-18-32-19-17-30)26(20-33-27)23-8-6-22(7-9-23)21-4-2-1-3-5-21/h6-13,20-21H,1-5,14-19H2. The van der Waals surface area contributed by atoms with Crippen molar-refractivity contribution in [1.82, 2.24) is 9.47 Å². The molecule has 1 aromatic heterocycles. The number of nitrogens with zero attached hydrogens (tertiary/aromatic N) is 3. The van der Waals surface area contributed by atoms with Crippen LogP contribution in [0.3, 0.4) is 0 Å². The van der Waals surface area contributed by atoms with Gasteiger partial charge in [0.1, 0.15) is 0 Å². The number of hydrogen-bond acceptors (Lipinski definition) is 4. The largest absolute Gasteiger partial charge is 0.379 e. The van der Waals surface area contributed by atoms with Crippen molar-refractivity contribution in [2.75, 3.05) is 32.8 Å². The van der Waals surface area contributed by atoms with Gasteiger partial charge in [0.25, 0.3) is 0 Å². The van der Waals surface area contributed by atoms with E-state index in [1.165, 1.54) is 48.9 Å². The number of hydrogen-bond donors (Lipinski definition) is 0. The molecule has 2 heterocycles. The first kappa shape index (κ1) is 22.9. The van der Waals surface area contributed by atoms with E-state index in [0.717, 1.165) is 60.8 Å².